The monoisotopic (exact) mass is 584 g/mol. The van der Waals surface area contributed by atoms with Crippen molar-refractivity contribution in [2.75, 3.05) is 43.1 Å². The lowest BCUT2D eigenvalue weighted by molar-refractivity contribution is -0.128. The minimum absolute atomic E-state index is 0.141. The number of hydrogen-bond acceptors (Lipinski definition) is 7. The maximum atomic E-state index is 12.3. The smallest absolute Gasteiger partial charge is 0.318 e. The second kappa shape index (κ2) is 17.1. The van der Waals surface area contributed by atoms with Gasteiger partial charge in [0.25, 0.3) is 0 Å². The second-order valence-corrected chi connectivity index (χ2v) is 10.5. The topological polar surface area (TPSA) is 85.6 Å². The van der Waals surface area contributed by atoms with E-state index in [1.54, 1.807) is 12.0 Å². The summed E-state index contributed by atoms with van der Waals surface area (Å²) in [5, 5.41) is 11.8. The summed E-state index contributed by atoms with van der Waals surface area (Å²) in [4.78, 5) is 28.0. The highest BCUT2D eigenvalue weighted by molar-refractivity contribution is 5.94. The summed E-state index contributed by atoms with van der Waals surface area (Å²) >= 11 is 0. The van der Waals surface area contributed by atoms with E-state index in [4.69, 9.17) is 14.7 Å². The van der Waals surface area contributed by atoms with Crippen molar-refractivity contribution in [3.8, 4) is 12.1 Å². The van der Waals surface area contributed by atoms with E-state index in [0.29, 0.717) is 32.2 Å². The van der Waals surface area contributed by atoms with E-state index in [1.807, 2.05) is 13.8 Å². The molecule has 230 valence electrons. The van der Waals surface area contributed by atoms with Gasteiger partial charge in [0.2, 0.25) is 5.91 Å². The molecule has 2 aliphatic rings. The maximum Gasteiger partial charge on any atom is 0.318 e. The number of nitrogens with zero attached hydrogens (tertiary/aromatic N) is 6. The number of amides is 1. The number of aromatic nitrogens is 2. The molecule has 8 nitrogen and oxygen atoms in total. The second-order valence-electron chi connectivity index (χ2n) is 10.5. The zero-order valence-corrected chi connectivity index (χ0v) is 26.7. The molecule has 1 fully saturated rings. The number of unbranched alkanes of at least 4 members (excludes halogenated alkanes) is 3. The molecule has 3 aromatic rings. The van der Waals surface area contributed by atoms with Crippen molar-refractivity contribution in [2.45, 2.75) is 78.8 Å². The Bertz CT molecular complexity index is 1380. The van der Waals surface area contributed by atoms with Crippen LogP contribution in [0.3, 0.4) is 0 Å². The fourth-order valence-electron chi connectivity index (χ4n) is 5.67. The van der Waals surface area contributed by atoms with Crippen LogP contribution in [0.1, 0.15) is 71.1 Å². The molecule has 1 unspecified atom stereocenters. The number of ether oxygens (including phenoxy) is 1. The number of anilines is 2. The van der Waals surface area contributed by atoms with Gasteiger partial charge >= 0.3 is 6.01 Å². The Morgan fingerprint density at radius 1 is 1.05 bits per heavy atom. The van der Waals surface area contributed by atoms with Crippen molar-refractivity contribution in [1.82, 2.24) is 14.9 Å². The predicted molar refractivity (Wildman–Crippen MR) is 177 cm³/mol. The van der Waals surface area contributed by atoms with Crippen LogP contribution in [-0.2, 0) is 17.8 Å². The van der Waals surface area contributed by atoms with Crippen LogP contribution in [0, 0.1) is 11.3 Å². The Labute approximate surface area is 258 Å². The van der Waals surface area contributed by atoms with Gasteiger partial charge in [-0.2, -0.15) is 15.2 Å². The molecule has 8 heteroatoms. The minimum atomic E-state index is -0.216. The number of rotatable bonds is 8. The third kappa shape index (κ3) is 8.25. The van der Waals surface area contributed by atoms with Crippen molar-refractivity contribution >= 4 is 28.2 Å². The van der Waals surface area contributed by atoms with Crippen molar-refractivity contribution < 1.29 is 9.53 Å². The molecule has 1 atom stereocenters. The Hall–Kier alpha value is -4.12. The number of nitriles is 1. The number of hydrogen-bond donors (Lipinski definition) is 0. The Morgan fingerprint density at radius 2 is 1.77 bits per heavy atom. The molecule has 0 aliphatic carbocycles. The van der Waals surface area contributed by atoms with E-state index in [9.17, 15) is 10.1 Å². The van der Waals surface area contributed by atoms with Crippen LogP contribution in [0.25, 0.3) is 10.8 Å². The van der Waals surface area contributed by atoms with Crippen LogP contribution < -0.4 is 14.5 Å². The highest BCUT2D eigenvalue weighted by atomic mass is 16.5. The molecule has 0 saturated carbocycles. The summed E-state index contributed by atoms with van der Waals surface area (Å²) < 4.78 is 5.48. The Balaban J connectivity index is 0.000000566. The van der Waals surface area contributed by atoms with Gasteiger partial charge in [-0.15, -0.1) is 0 Å². The van der Waals surface area contributed by atoms with E-state index in [2.05, 4.69) is 78.8 Å². The fourth-order valence-corrected chi connectivity index (χ4v) is 5.67. The van der Waals surface area contributed by atoms with E-state index < -0.39 is 0 Å². The molecule has 0 spiro atoms. The molecule has 0 radical (unpaired) electrons. The predicted octanol–water partition coefficient (Wildman–Crippen LogP) is 6.93. The van der Waals surface area contributed by atoms with Gasteiger partial charge in [-0.05, 0) is 23.9 Å². The average molecular weight is 585 g/mol. The molecule has 43 heavy (non-hydrogen) atoms. The zero-order chi connectivity index (χ0) is 31.2. The van der Waals surface area contributed by atoms with Crippen LogP contribution in [0.2, 0.25) is 0 Å². The van der Waals surface area contributed by atoms with Crippen LogP contribution in [-0.4, -0.2) is 60.1 Å². The lowest BCUT2D eigenvalue weighted by Crippen LogP contribution is -2.55. The molecular weight excluding hydrogens is 536 g/mol. The van der Waals surface area contributed by atoms with Gasteiger partial charge in [-0.25, -0.2) is 0 Å². The van der Waals surface area contributed by atoms with Crippen LogP contribution in [0.4, 0.5) is 11.5 Å². The van der Waals surface area contributed by atoms with Crippen molar-refractivity contribution in [3.05, 3.63) is 66.4 Å². The summed E-state index contributed by atoms with van der Waals surface area (Å²) in [7, 11) is 1.58. The zero-order valence-electron chi connectivity index (χ0n) is 26.7. The quantitative estimate of drug-likeness (QED) is 0.210. The largest absolute Gasteiger partial charge is 0.467 e. The van der Waals surface area contributed by atoms with Crippen molar-refractivity contribution in [1.29, 1.82) is 5.26 Å². The van der Waals surface area contributed by atoms with Crippen LogP contribution in [0.5, 0.6) is 6.01 Å². The molecule has 0 bridgehead atoms. The van der Waals surface area contributed by atoms with Crippen LogP contribution in [0.15, 0.2) is 55.1 Å². The normalized spacial score (nSPS) is 15.7. The summed E-state index contributed by atoms with van der Waals surface area (Å²) in [6, 6.07) is 17.2. The first-order valence-electron chi connectivity index (χ1n) is 15.8. The number of methoxy groups -OCH3 is 1. The lowest BCUT2D eigenvalue weighted by atomic mass is 10.0. The van der Waals surface area contributed by atoms with Gasteiger partial charge in [0.05, 0.1) is 37.9 Å². The lowest BCUT2D eigenvalue weighted by Gasteiger charge is -2.42. The van der Waals surface area contributed by atoms with Gasteiger partial charge in [-0.3, -0.25) is 4.79 Å². The van der Waals surface area contributed by atoms with Gasteiger partial charge < -0.3 is 19.4 Å². The highest BCUT2D eigenvalue weighted by Crippen LogP contribution is 2.34. The first kappa shape index (κ1) is 33.4. The fraction of sp³-hybridized carbons (Fsp3) is 0.486. The van der Waals surface area contributed by atoms with Crippen molar-refractivity contribution in [2.24, 2.45) is 0 Å². The molecule has 3 heterocycles. The van der Waals surface area contributed by atoms with Gasteiger partial charge in [0.15, 0.2) is 0 Å². The summed E-state index contributed by atoms with van der Waals surface area (Å²) in [6.45, 7) is 15.3. The first-order valence-corrected chi connectivity index (χ1v) is 15.8. The number of benzene rings is 2. The third-order valence-corrected chi connectivity index (χ3v) is 7.84. The van der Waals surface area contributed by atoms with Crippen molar-refractivity contribution in [3.63, 3.8) is 0 Å². The number of fused-ring (bicyclic) bond motifs is 2. The number of carbonyl (C=O) groups excluding carboxylic acids is 1. The minimum Gasteiger partial charge on any atom is -0.467 e. The maximum absolute atomic E-state index is 12.3. The van der Waals surface area contributed by atoms with Gasteiger partial charge in [-0.1, -0.05) is 96.4 Å². The highest BCUT2D eigenvalue weighted by Gasteiger charge is 2.33. The molecule has 1 saturated heterocycles. The van der Waals surface area contributed by atoms with Gasteiger partial charge in [0.1, 0.15) is 5.82 Å². The SMILES string of the molecule is C=CC(=O)N1CCN(c2nc(OC)nc3c2CCN(c2cccc4ccccc24)C3)CC1CC#N.CC.CCCCCC. The Morgan fingerprint density at radius 3 is 2.44 bits per heavy atom. The van der Waals surface area contributed by atoms with E-state index in [0.717, 1.165) is 30.0 Å². The summed E-state index contributed by atoms with van der Waals surface area (Å²) in [6.07, 6.45) is 7.91. The molecule has 2 aromatic carbocycles. The number of carbonyl (C=O) groups is 1. The molecular formula is C35H48N6O2. The molecule has 2 aliphatic heterocycles. The summed E-state index contributed by atoms with van der Waals surface area (Å²) in [5.74, 6) is 0.705. The van der Waals surface area contributed by atoms with E-state index in [-0.39, 0.29) is 18.4 Å². The van der Waals surface area contributed by atoms with Crippen LogP contribution >= 0.6 is 0 Å². The first-order chi connectivity index (χ1) is 21.0. The number of piperazine rings is 1. The molecule has 5 rings (SSSR count). The molecule has 0 N–H and O–H groups in total. The standard InChI is InChI=1S/C27H28N6O2.C6H14.C2H6/c1-3-25(34)33-16-15-32(17-20(33)11-13-28)26-22-12-14-31(18-23(22)29-27(30-26)35-2)24-10-6-8-19-7-4-5-9-21(19)24;1-3-5-6-4-2;1-2/h3-10,20H,1,11-12,14-18H2,2H3;3-6H2,1-2H3;1-2H3. The third-order valence-electron chi connectivity index (χ3n) is 7.84. The average Bonchev–Trinajstić information content (AvgIpc) is 3.07. The van der Waals surface area contributed by atoms with Gasteiger partial charge in [0, 0.05) is 42.8 Å². The molecule has 1 amide bonds. The van der Waals surface area contributed by atoms with E-state index >= 15 is 0 Å². The van der Waals surface area contributed by atoms with E-state index in [1.165, 1.54) is 48.2 Å². The summed E-state index contributed by atoms with van der Waals surface area (Å²) in [5.41, 5.74) is 3.26. The Kier molecular flexibility index (Phi) is 13.3. The molecule has 1 aromatic heterocycles.